The Morgan fingerprint density at radius 1 is 0.809 bits per heavy atom. The number of hydrogen-bond donors (Lipinski definition) is 2. The monoisotopic (exact) mass is 640 g/mol. The van der Waals surface area contributed by atoms with Gasteiger partial charge in [0.1, 0.15) is 6.61 Å². The van der Waals surface area contributed by atoms with Gasteiger partial charge in [0, 0.05) is 19.5 Å². The van der Waals surface area contributed by atoms with Crippen molar-refractivity contribution in [3.8, 4) is 0 Å². The van der Waals surface area contributed by atoms with Crippen LogP contribution >= 0.6 is 0 Å². The van der Waals surface area contributed by atoms with Gasteiger partial charge in [0.25, 0.3) is 0 Å². The quantitative estimate of drug-likeness (QED) is 0.109. The van der Waals surface area contributed by atoms with Crippen LogP contribution in [0, 0.1) is 11.8 Å². The Morgan fingerprint density at radius 2 is 1.43 bits per heavy atom. The molecule has 8 nitrogen and oxygen atoms in total. The third kappa shape index (κ3) is 13.8. The fraction of sp³-hybridized carbons (Fsp3) is 0.359. The zero-order chi connectivity index (χ0) is 33.7. The maximum atomic E-state index is 13.6. The predicted octanol–water partition coefficient (Wildman–Crippen LogP) is 5.66. The minimum Gasteiger partial charge on any atom is -0.463 e. The second-order valence-electron chi connectivity index (χ2n) is 11.5. The van der Waals surface area contributed by atoms with E-state index >= 15 is 0 Å². The third-order valence-electron chi connectivity index (χ3n) is 7.76. The summed E-state index contributed by atoms with van der Waals surface area (Å²) in [6, 6.07) is 28.3. The summed E-state index contributed by atoms with van der Waals surface area (Å²) in [5, 5.41) is 12.6. The summed E-state index contributed by atoms with van der Waals surface area (Å²) in [4.78, 5) is 41.9. The van der Waals surface area contributed by atoms with Crippen LogP contribution in [0.4, 0.5) is 0 Å². The van der Waals surface area contributed by atoms with Crippen LogP contribution in [0.3, 0.4) is 0 Å². The van der Waals surface area contributed by atoms with Crippen molar-refractivity contribution in [3.63, 3.8) is 0 Å². The maximum absolute atomic E-state index is 13.6. The first-order chi connectivity index (χ1) is 22.9. The number of ether oxygens (including phenoxy) is 2. The second-order valence-corrected chi connectivity index (χ2v) is 11.5. The molecule has 0 aliphatic heterocycles. The van der Waals surface area contributed by atoms with Gasteiger partial charge in [-0.05, 0) is 42.4 Å². The van der Waals surface area contributed by atoms with Gasteiger partial charge in [-0.1, -0.05) is 103 Å². The van der Waals surface area contributed by atoms with E-state index in [0.717, 1.165) is 16.7 Å². The molecule has 250 valence electrons. The molecule has 0 saturated carbocycles. The SMILES string of the molecule is C=CCC[C@H](Cc1ccccc1)C(=O)OC[C@H](COCc1ccccc1)NC(=O)[C@@H](CC=C)CC(=O)N(CCO)Cc1ccccc1. The van der Waals surface area contributed by atoms with Crippen LogP contribution in [-0.4, -0.2) is 60.2 Å². The zero-order valence-electron chi connectivity index (χ0n) is 27.2. The first kappa shape index (κ1) is 36.9. The molecule has 0 aliphatic carbocycles. The molecule has 0 radical (unpaired) electrons. The molecule has 0 spiro atoms. The van der Waals surface area contributed by atoms with Crippen LogP contribution in [0.2, 0.25) is 0 Å². The van der Waals surface area contributed by atoms with Crippen LogP contribution in [0.5, 0.6) is 0 Å². The lowest BCUT2D eigenvalue weighted by Crippen LogP contribution is -2.46. The Bertz CT molecular complexity index is 1370. The molecule has 0 fully saturated rings. The van der Waals surface area contributed by atoms with Crippen molar-refractivity contribution in [1.82, 2.24) is 10.2 Å². The standard InChI is InChI=1S/C39H48N2O6/c1-3-5-22-35(25-31-16-9-6-10-17-31)39(45)47-30-36(29-46-28-33-20-13-8-14-21-33)40-38(44)34(15-4-2)26-37(43)41(23-24-42)27-32-18-11-7-12-19-32/h3-4,6-14,16-21,34-36,42H,1-2,5,15,22-30H2,(H,40,44)/t34-,35+,36-/m0/s1. The molecule has 0 unspecified atom stereocenters. The second kappa shape index (κ2) is 21.3. The maximum Gasteiger partial charge on any atom is 0.309 e. The lowest BCUT2D eigenvalue weighted by molar-refractivity contribution is -0.150. The van der Waals surface area contributed by atoms with E-state index in [1.807, 2.05) is 91.0 Å². The molecule has 3 atom stereocenters. The Hall–Kier alpha value is -4.53. The number of allylic oxidation sites excluding steroid dienone is 2. The highest BCUT2D eigenvalue weighted by Crippen LogP contribution is 2.18. The molecule has 3 aromatic carbocycles. The molecule has 47 heavy (non-hydrogen) atoms. The normalized spacial score (nSPS) is 12.7. The van der Waals surface area contributed by atoms with Crippen molar-refractivity contribution in [2.24, 2.45) is 11.8 Å². The van der Waals surface area contributed by atoms with Gasteiger partial charge in [-0.25, -0.2) is 0 Å². The average molecular weight is 641 g/mol. The molecule has 0 heterocycles. The van der Waals surface area contributed by atoms with Crippen molar-refractivity contribution in [2.75, 3.05) is 26.4 Å². The fourth-order valence-electron chi connectivity index (χ4n) is 5.21. The number of benzene rings is 3. The molecule has 0 aliphatic rings. The van der Waals surface area contributed by atoms with Crippen LogP contribution in [0.1, 0.15) is 42.4 Å². The van der Waals surface area contributed by atoms with Crippen molar-refractivity contribution >= 4 is 17.8 Å². The number of hydrogen-bond acceptors (Lipinski definition) is 6. The first-order valence-electron chi connectivity index (χ1n) is 16.2. The van der Waals surface area contributed by atoms with E-state index in [1.165, 1.54) is 0 Å². The molecule has 3 aromatic rings. The van der Waals surface area contributed by atoms with E-state index < -0.39 is 12.0 Å². The Labute approximate surface area is 279 Å². The van der Waals surface area contributed by atoms with E-state index in [0.29, 0.717) is 32.4 Å². The Morgan fingerprint density at radius 3 is 2.02 bits per heavy atom. The summed E-state index contributed by atoms with van der Waals surface area (Å²) in [6.07, 6.45) is 5.40. The number of carbonyl (C=O) groups is 3. The summed E-state index contributed by atoms with van der Waals surface area (Å²) in [6.45, 7) is 8.21. The third-order valence-corrected chi connectivity index (χ3v) is 7.76. The van der Waals surface area contributed by atoms with Gasteiger partial charge in [-0.2, -0.15) is 0 Å². The number of esters is 1. The summed E-state index contributed by atoms with van der Waals surface area (Å²) >= 11 is 0. The van der Waals surface area contributed by atoms with Gasteiger partial charge < -0.3 is 24.8 Å². The smallest absolute Gasteiger partial charge is 0.309 e. The van der Waals surface area contributed by atoms with E-state index in [9.17, 15) is 19.5 Å². The van der Waals surface area contributed by atoms with Crippen molar-refractivity contribution in [1.29, 1.82) is 0 Å². The summed E-state index contributed by atoms with van der Waals surface area (Å²) in [5.74, 6) is -2.04. The number of amides is 2. The molecule has 0 saturated heterocycles. The lowest BCUT2D eigenvalue weighted by Gasteiger charge is -2.26. The lowest BCUT2D eigenvalue weighted by atomic mass is 9.95. The molecular weight excluding hydrogens is 592 g/mol. The molecule has 2 N–H and O–H groups in total. The van der Waals surface area contributed by atoms with Crippen molar-refractivity contribution in [3.05, 3.63) is 133 Å². The van der Waals surface area contributed by atoms with Gasteiger partial charge in [0.2, 0.25) is 11.8 Å². The topological polar surface area (TPSA) is 105 Å². The van der Waals surface area contributed by atoms with Gasteiger partial charge >= 0.3 is 5.97 Å². The van der Waals surface area contributed by atoms with Crippen LogP contribution in [-0.2, 0) is 43.4 Å². The molecule has 3 rings (SSSR count). The fourth-order valence-corrected chi connectivity index (χ4v) is 5.21. The highest BCUT2D eigenvalue weighted by Gasteiger charge is 2.27. The molecular formula is C39H48N2O6. The van der Waals surface area contributed by atoms with Crippen LogP contribution in [0.15, 0.2) is 116 Å². The predicted molar refractivity (Wildman–Crippen MR) is 184 cm³/mol. The summed E-state index contributed by atoms with van der Waals surface area (Å²) in [5.41, 5.74) is 2.93. The molecule has 0 aromatic heterocycles. The summed E-state index contributed by atoms with van der Waals surface area (Å²) < 4.78 is 11.8. The van der Waals surface area contributed by atoms with Gasteiger partial charge in [-0.3, -0.25) is 14.4 Å². The molecule has 8 heteroatoms. The van der Waals surface area contributed by atoms with Gasteiger partial charge in [0.05, 0.1) is 37.7 Å². The largest absolute Gasteiger partial charge is 0.463 e. The van der Waals surface area contributed by atoms with Crippen molar-refractivity contribution in [2.45, 2.75) is 51.3 Å². The summed E-state index contributed by atoms with van der Waals surface area (Å²) in [7, 11) is 0. The number of aliphatic hydroxyl groups excluding tert-OH is 1. The number of nitrogens with zero attached hydrogens (tertiary/aromatic N) is 1. The number of rotatable bonds is 22. The van der Waals surface area contributed by atoms with E-state index in [4.69, 9.17) is 9.47 Å². The number of carbonyl (C=O) groups excluding carboxylic acids is 3. The highest BCUT2D eigenvalue weighted by atomic mass is 16.5. The Kier molecular flexibility index (Phi) is 16.7. The number of nitrogens with one attached hydrogen (secondary N) is 1. The van der Waals surface area contributed by atoms with Gasteiger partial charge in [0.15, 0.2) is 0 Å². The minimum atomic E-state index is -0.706. The zero-order valence-corrected chi connectivity index (χ0v) is 27.2. The van der Waals surface area contributed by atoms with E-state index in [-0.39, 0.29) is 62.9 Å². The van der Waals surface area contributed by atoms with E-state index in [1.54, 1.807) is 17.1 Å². The van der Waals surface area contributed by atoms with E-state index in [2.05, 4.69) is 18.5 Å². The highest BCUT2D eigenvalue weighted by molar-refractivity contribution is 5.86. The molecule has 0 bridgehead atoms. The minimum absolute atomic E-state index is 0.0667. The van der Waals surface area contributed by atoms with Gasteiger partial charge in [-0.15, -0.1) is 13.2 Å². The molecule has 2 amide bonds. The Balaban J connectivity index is 1.69. The van der Waals surface area contributed by atoms with Crippen LogP contribution in [0.25, 0.3) is 0 Å². The average Bonchev–Trinajstić information content (AvgIpc) is 3.09. The van der Waals surface area contributed by atoms with Crippen molar-refractivity contribution < 1.29 is 29.0 Å². The number of aliphatic hydroxyl groups is 1. The van der Waals surface area contributed by atoms with Crippen LogP contribution < -0.4 is 5.32 Å². The first-order valence-corrected chi connectivity index (χ1v) is 16.2.